The van der Waals surface area contributed by atoms with Crippen LogP contribution in [0, 0.1) is 59.2 Å². The maximum Gasteiger partial charge on any atom is 0.248 e. The average molecular weight is 715 g/mol. The second-order valence-electron chi connectivity index (χ2n) is 18.8. The van der Waals surface area contributed by atoms with Crippen LogP contribution < -0.4 is 0 Å². The Bertz CT molecular complexity index is 838. The summed E-state index contributed by atoms with van der Waals surface area (Å²) in [6.45, 7) is 23.7. The molecule has 0 unspecified atom stereocenters. The first kappa shape index (κ1) is 46.5. The lowest BCUT2D eigenvalue weighted by Crippen LogP contribution is -2.37. The van der Waals surface area contributed by atoms with Crippen molar-refractivity contribution in [2.24, 2.45) is 59.2 Å². The van der Waals surface area contributed by atoms with Crippen LogP contribution >= 0.6 is 0 Å². The van der Waals surface area contributed by atoms with Crippen molar-refractivity contribution < 1.29 is 30.7 Å². The topological polar surface area (TPSA) is 0 Å². The third kappa shape index (κ3) is 19.8. The molecule has 5 fully saturated rings. The number of alkyl halides is 7. The minimum atomic E-state index is -2.36. The van der Waals surface area contributed by atoms with Crippen molar-refractivity contribution in [2.75, 3.05) is 0 Å². The molecule has 0 aliphatic heterocycles. The summed E-state index contributed by atoms with van der Waals surface area (Å²) >= 11 is 0. The molecule has 0 aromatic rings. The molecule has 0 N–H and O–H groups in total. The second-order valence-corrected chi connectivity index (χ2v) is 18.8. The van der Waals surface area contributed by atoms with Crippen molar-refractivity contribution in [2.45, 2.75) is 209 Å². The molecule has 0 amide bonds. The number of rotatable bonds is 7. The first-order valence-corrected chi connectivity index (χ1v) is 20.2. The van der Waals surface area contributed by atoms with Crippen molar-refractivity contribution in [3.05, 3.63) is 0 Å². The van der Waals surface area contributed by atoms with Gasteiger partial charge in [0.2, 0.25) is 17.8 Å². The predicted octanol–water partition coefficient (Wildman–Crippen LogP) is 15.6. The first-order chi connectivity index (χ1) is 22.3. The van der Waals surface area contributed by atoms with Gasteiger partial charge < -0.3 is 0 Å². The van der Waals surface area contributed by atoms with Gasteiger partial charge in [-0.3, -0.25) is 0 Å². The van der Waals surface area contributed by atoms with E-state index in [1.54, 1.807) is 0 Å². The zero-order valence-electron chi connectivity index (χ0n) is 33.4. The van der Waals surface area contributed by atoms with Gasteiger partial charge in [0.05, 0.1) is 0 Å². The smallest absolute Gasteiger partial charge is 0.244 e. The largest absolute Gasteiger partial charge is 0.248 e. The van der Waals surface area contributed by atoms with Gasteiger partial charge in [0.15, 0.2) is 0 Å². The van der Waals surface area contributed by atoms with E-state index >= 15 is 0 Å². The number of hydrogen-bond donors (Lipinski definition) is 0. The Morgan fingerprint density at radius 2 is 0.878 bits per heavy atom. The Morgan fingerprint density at radius 3 is 1.14 bits per heavy atom. The molecule has 0 spiro atoms. The molecule has 7 heteroatoms. The summed E-state index contributed by atoms with van der Waals surface area (Å²) in [6, 6.07) is 0. The molecule has 294 valence electrons. The van der Waals surface area contributed by atoms with Gasteiger partial charge in [-0.05, 0) is 117 Å². The van der Waals surface area contributed by atoms with Crippen molar-refractivity contribution in [3.8, 4) is 0 Å². The minimum Gasteiger partial charge on any atom is -0.244 e. The van der Waals surface area contributed by atoms with Gasteiger partial charge >= 0.3 is 0 Å². The fourth-order valence-corrected chi connectivity index (χ4v) is 7.97. The Labute approximate surface area is 298 Å². The van der Waals surface area contributed by atoms with E-state index in [1.807, 2.05) is 13.8 Å². The summed E-state index contributed by atoms with van der Waals surface area (Å²) in [5.41, 5.74) is -0.756. The molecule has 0 atom stereocenters. The van der Waals surface area contributed by atoms with Crippen LogP contribution in [0.3, 0.4) is 0 Å². The zero-order valence-corrected chi connectivity index (χ0v) is 33.4. The predicted molar refractivity (Wildman–Crippen MR) is 194 cm³/mol. The molecular formula is C42H77F7. The molecule has 5 aliphatic carbocycles. The molecule has 0 aromatic carbocycles. The highest BCUT2D eigenvalue weighted by Gasteiger charge is 2.46. The Kier molecular flexibility index (Phi) is 19.6. The van der Waals surface area contributed by atoms with Crippen LogP contribution in [0.25, 0.3) is 0 Å². The van der Waals surface area contributed by atoms with E-state index in [4.69, 9.17) is 0 Å². The fourth-order valence-electron chi connectivity index (χ4n) is 7.97. The molecule has 0 radical (unpaired) electrons. The quantitative estimate of drug-likeness (QED) is 0.230. The average Bonchev–Trinajstić information content (AvgIpc) is 2.90. The Balaban J connectivity index is 0.000000307. The van der Waals surface area contributed by atoms with E-state index in [1.165, 1.54) is 25.7 Å². The summed E-state index contributed by atoms with van der Waals surface area (Å²) < 4.78 is 87.2. The Morgan fingerprint density at radius 1 is 0.469 bits per heavy atom. The molecule has 0 bridgehead atoms. The van der Waals surface area contributed by atoms with Crippen LogP contribution in [0.5, 0.6) is 0 Å². The van der Waals surface area contributed by atoms with Gasteiger partial charge in [-0.2, -0.15) is 0 Å². The van der Waals surface area contributed by atoms with Crippen LogP contribution in [-0.2, 0) is 0 Å². The van der Waals surface area contributed by atoms with E-state index in [-0.39, 0.29) is 44.4 Å². The zero-order chi connectivity index (χ0) is 37.8. The molecule has 5 aliphatic rings. The third-order valence-corrected chi connectivity index (χ3v) is 11.8. The van der Waals surface area contributed by atoms with Crippen LogP contribution in [0.4, 0.5) is 30.7 Å². The van der Waals surface area contributed by atoms with Crippen LogP contribution in [0.15, 0.2) is 0 Å². The van der Waals surface area contributed by atoms with Crippen molar-refractivity contribution in [3.63, 3.8) is 0 Å². The lowest BCUT2D eigenvalue weighted by Gasteiger charge is -2.37. The van der Waals surface area contributed by atoms with Crippen molar-refractivity contribution in [1.29, 1.82) is 0 Å². The molecule has 5 rings (SSSR count). The highest BCUT2D eigenvalue weighted by Crippen LogP contribution is 2.46. The molecule has 0 saturated heterocycles. The normalized spacial score (nSPS) is 27.2. The maximum absolute atomic E-state index is 13.2. The SMILES string of the molecule is CC(C)C1CC(F)(F)C1.CC(C)C1CCC(F)(F)CC1.CC(C)CC1(F)CCC1.CC(C)CC1CC(F)(F)C1.CC1CCC(C(C)C)CC1. The molecule has 0 nitrogen and oxygen atoms in total. The monoisotopic (exact) mass is 715 g/mol. The number of hydrogen-bond acceptors (Lipinski definition) is 0. The third-order valence-electron chi connectivity index (χ3n) is 11.8. The van der Waals surface area contributed by atoms with Crippen molar-refractivity contribution in [1.82, 2.24) is 0 Å². The van der Waals surface area contributed by atoms with Crippen LogP contribution in [-0.4, -0.2) is 23.4 Å². The van der Waals surface area contributed by atoms with Gasteiger partial charge in [-0.1, -0.05) is 89.0 Å². The van der Waals surface area contributed by atoms with Gasteiger partial charge in [-0.25, -0.2) is 30.7 Å². The van der Waals surface area contributed by atoms with Crippen LogP contribution in [0.2, 0.25) is 0 Å². The minimum absolute atomic E-state index is 0.107. The van der Waals surface area contributed by atoms with E-state index in [9.17, 15) is 30.7 Å². The molecule has 0 aromatic heterocycles. The molecular weight excluding hydrogens is 637 g/mol. The molecule has 0 heterocycles. The van der Waals surface area contributed by atoms with Gasteiger partial charge in [0.1, 0.15) is 5.67 Å². The fraction of sp³-hybridized carbons (Fsp3) is 1.00. The maximum atomic E-state index is 13.2. The summed E-state index contributed by atoms with van der Waals surface area (Å²) in [7, 11) is 0. The van der Waals surface area contributed by atoms with Crippen LogP contribution in [0.1, 0.15) is 185 Å². The van der Waals surface area contributed by atoms with Gasteiger partial charge in [0, 0.05) is 38.5 Å². The number of halogens is 7. The summed E-state index contributed by atoms with van der Waals surface area (Å²) in [4.78, 5) is 0. The highest BCUT2D eigenvalue weighted by atomic mass is 19.3. The molecule has 5 saturated carbocycles. The summed E-state index contributed by atoms with van der Waals surface area (Å²) in [6.07, 6.45) is 12.5. The Hall–Kier alpha value is -0.490. The van der Waals surface area contributed by atoms with Crippen molar-refractivity contribution >= 4 is 0 Å². The highest BCUT2D eigenvalue weighted by molar-refractivity contribution is 4.89. The lowest BCUT2D eigenvalue weighted by molar-refractivity contribution is -0.122. The van der Waals surface area contributed by atoms with E-state index in [0.717, 1.165) is 49.9 Å². The second kappa shape index (κ2) is 20.7. The molecule has 49 heavy (non-hydrogen) atoms. The lowest BCUT2D eigenvalue weighted by atomic mass is 9.74. The summed E-state index contributed by atoms with van der Waals surface area (Å²) in [5, 5.41) is 0. The van der Waals surface area contributed by atoms with E-state index < -0.39 is 23.4 Å². The van der Waals surface area contributed by atoms with Gasteiger partial charge in [-0.15, -0.1) is 0 Å². The first-order valence-electron chi connectivity index (χ1n) is 20.2. The standard InChI is InChI=1S/C10H20.C9H16F2.C8H14F2.C8H15F.C7H12F2/c1-8(2)10-6-4-9(3)5-7-10;1-7(2)8-3-5-9(10,11)6-4-8;1-6(2)3-7-4-8(9,10)5-7;1-7(2)6-8(9)4-3-5-8;1-5(2)6-3-7(8,9)4-6/h8-10H,4-7H2,1-3H3;7-8H,3-6H2,1-2H3;6-7H,3-5H2,1-2H3;7H,3-6H2,1-2H3;5-6H,3-4H2,1-2H3. The van der Waals surface area contributed by atoms with Gasteiger partial charge in [0.25, 0.3) is 0 Å². The van der Waals surface area contributed by atoms with E-state index in [2.05, 4.69) is 62.3 Å². The summed E-state index contributed by atoms with van der Waals surface area (Å²) in [5.74, 6) is -0.810. The van der Waals surface area contributed by atoms with E-state index in [0.29, 0.717) is 48.3 Å².